The number of ether oxygens (including phenoxy) is 1. The number of aromatic amines is 1. The minimum Gasteiger partial charge on any atom is -0.444 e. The monoisotopic (exact) mass is 350 g/mol. The second-order valence-electron chi connectivity index (χ2n) is 6.22. The highest BCUT2D eigenvalue weighted by atomic mass is 16.6. The van der Waals surface area contributed by atoms with E-state index in [0.717, 1.165) is 47.0 Å². The molecular formula is C18H18N6O2. The third kappa shape index (κ3) is 2.99. The number of nitrogens with zero attached hydrogens (tertiary/aromatic N) is 4. The summed E-state index contributed by atoms with van der Waals surface area (Å²) in [7, 11) is 0. The van der Waals surface area contributed by atoms with Crippen LogP contribution >= 0.6 is 0 Å². The lowest BCUT2D eigenvalue weighted by atomic mass is 10.1. The molecule has 0 aliphatic carbocycles. The van der Waals surface area contributed by atoms with Gasteiger partial charge < -0.3 is 19.9 Å². The van der Waals surface area contributed by atoms with Crippen LogP contribution < -0.4 is 10.2 Å². The Morgan fingerprint density at radius 1 is 1.46 bits per heavy atom. The van der Waals surface area contributed by atoms with Gasteiger partial charge in [-0.25, -0.2) is 9.78 Å². The van der Waals surface area contributed by atoms with Crippen LogP contribution in [0.4, 0.5) is 10.5 Å². The van der Waals surface area contributed by atoms with E-state index >= 15 is 0 Å². The Morgan fingerprint density at radius 2 is 2.38 bits per heavy atom. The summed E-state index contributed by atoms with van der Waals surface area (Å²) >= 11 is 0. The third-order valence-corrected chi connectivity index (χ3v) is 4.57. The summed E-state index contributed by atoms with van der Waals surface area (Å²) in [5, 5.41) is 13.0. The van der Waals surface area contributed by atoms with Gasteiger partial charge in [-0.2, -0.15) is 5.26 Å². The van der Waals surface area contributed by atoms with Crippen LogP contribution in [0.25, 0.3) is 21.9 Å². The topological polar surface area (TPSA) is 107 Å². The number of piperidine rings is 1. The van der Waals surface area contributed by atoms with Crippen molar-refractivity contribution in [3.63, 3.8) is 0 Å². The van der Waals surface area contributed by atoms with E-state index in [2.05, 4.69) is 25.2 Å². The minimum atomic E-state index is -0.546. The molecule has 2 N–H and O–H groups in total. The number of carbonyl (C=O) groups excluding carboxylic acids is 1. The van der Waals surface area contributed by atoms with Crippen LogP contribution in [-0.4, -0.2) is 46.8 Å². The van der Waals surface area contributed by atoms with Crippen molar-refractivity contribution in [2.45, 2.75) is 18.9 Å². The molecule has 3 aromatic heterocycles. The second-order valence-corrected chi connectivity index (χ2v) is 6.22. The molecule has 1 unspecified atom stereocenters. The van der Waals surface area contributed by atoms with Crippen molar-refractivity contribution in [3.8, 4) is 6.07 Å². The van der Waals surface area contributed by atoms with Crippen LogP contribution in [0.15, 0.2) is 30.7 Å². The fourth-order valence-electron chi connectivity index (χ4n) is 3.46. The van der Waals surface area contributed by atoms with Gasteiger partial charge in [0.15, 0.2) is 0 Å². The average Bonchev–Trinajstić information content (AvgIpc) is 3.15. The standard InChI is InChI=1S/C18H18N6O2/c19-5-8-22-18(25)26-12-2-1-9-24(11-12)15-4-7-20-14-10-23-17-13(16(14)15)3-6-21-17/h3-4,6-7,10,12H,1-2,8-9,11H2,(H,21,23)(H,22,25). The fraction of sp³-hybridized carbons (Fsp3) is 0.333. The van der Waals surface area contributed by atoms with Gasteiger partial charge in [-0.3, -0.25) is 4.98 Å². The van der Waals surface area contributed by atoms with Gasteiger partial charge in [-0.15, -0.1) is 0 Å². The number of hydrogen-bond acceptors (Lipinski definition) is 6. The van der Waals surface area contributed by atoms with Crippen LogP contribution in [0.5, 0.6) is 0 Å². The minimum absolute atomic E-state index is 0.0528. The second kappa shape index (κ2) is 6.88. The first-order valence-electron chi connectivity index (χ1n) is 8.53. The van der Waals surface area contributed by atoms with E-state index in [9.17, 15) is 4.79 Å². The largest absolute Gasteiger partial charge is 0.444 e. The van der Waals surface area contributed by atoms with Crippen molar-refractivity contribution < 1.29 is 9.53 Å². The van der Waals surface area contributed by atoms with Crippen LogP contribution in [0.2, 0.25) is 0 Å². The summed E-state index contributed by atoms with van der Waals surface area (Å²) in [6.07, 6.45) is 6.38. The van der Waals surface area contributed by atoms with Crippen molar-refractivity contribution >= 4 is 33.7 Å². The summed E-state index contributed by atoms with van der Waals surface area (Å²) in [4.78, 5) is 25.9. The lowest BCUT2D eigenvalue weighted by molar-refractivity contribution is 0.0893. The molecule has 3 aromatic rings. The Labute approximate surface area is 149 Å². The molecule has 8 heteroatoms. The molecule has 0 aromatic carbocycles. The summed E-state index contributed by atoms with van der Waals surface area (Å²) in [5.41, 5.74) is 2.73. The summed E-state index contributed by atoms with van der Waals surface area (Å²) < 4.78 is 5.45. The predicted molar refractivity (Wildman–Crippen MR) is 96.7 cm³/mol. The molecule has 0 radical (unpaired) electrons. The highest BCUT2D eigenvalue weighted by Gasteiger charge is 2.25. The number of carbonyl (C=O) groups is 1. The van der Waals surface area contributed by atoms with Crippen molar-refractivity contribution in [3.05, 3.63) is 30.7 Å². The number of alkyl carbamates (subject to hydrolysis) is 1. The average molecular weight is 350 g/mol. The molecule has 1 amide bonds. The van der Waals surface area contributed by atoms with Crippen molar-refractivity contribution in [1.82, 2.24) is 20.3 Å². The Bertz CT molecular complexity index is 992. The van der Waals surface area contributed by atoms with Gasteiger partial charge in [0.05, 0.1) is 24.3 Å². The number of amides is 1. The van der Waals surface area contributed by atoms with Crippen LogP contribution in [-0.2, 0) is 4.74 Å². The van der Waals surface area contributed by atoms with Crippen molar-refractivity contribution in [1.29, 1.82) is 5.26 Å². The van der Waals surface area contributed by atoms with E-state index in [-0.39, 0.29) is 12.6 Å². The summed E-state index contributed by atoms with van der Waals surface area (Å²) in [5.74, 6) is 0. The molecule has 4 rings (SSSR count). The van der Waals surface area contributed by atoms with Gasteiger partial charge in [0.1, 0.15) is 18.3 Å². The molecule has 26 heavy (non-hydrogen) atoms. The molecular weight excluding hydrogens is 332 g/mol. The summed E-state index contributed by atoms with van der Waals surface area (Å²) in [6, 6.07) is 5.86. The van der Waals surface area contributed by atoms with Gasteiger partial charge in [0, 0.05) is 35.4 Å². The number of pyridine rings is 2. The third-order valence-electron chi connectivity index (χ3n) is 4.57. The lowest BCUT2D eigenvalue weighted by Gasteiger charge is -2.34. The predicted octanol–water partition coefficient (Wildman–Crippen LogP) is 2.33. The van der Waals surface area contributed by atoms with Crippen LogP contribution in [0.1, 0.15) is 12.8 Å². The first-order valence-corrected chi connectivity index (χ1v) is 8.53. The van der Waals surface area contributed by atoms with Crippen molar-refractivity contribution in [2.75, 3.05) is 24.5 Å². The Balaban J connectivity index is 1.62. The molecule has 1 fully saturated rings. The van der Waals surface area contributed by atoms with E-state index < -0.39 is 6.09 Å². The zero-order valence-corrected chi connectivity index (χ0v) is 14.1. The van der Waals surface area contributed by atoms with E-state index in [1.807, 2.05) is 24.4 Å². The molecule has 1 aliphatic rings. The number of fused-ring (bicyclic) bond motifs is 3. The van der Waals surface area contributed by atoms with Gasteiger partial charge in [-0.1, -0.05) is 0 Å². The number of rotatable bonds is 3. The number of nitrogens with one attached hydrogen (secondary N) is 2. The number of nitriles is 1. The van der Waals surface area contributed by atoms with Gasteiger partial charge in [-0.05, 0) is 25.0 Å². The highest BCUT2D eigenvalue weighted by molar-refractivity contribution is 6.09. The van der Waals surface area contributed by atoms with E-state index in [1.165, 1.54) is 0 Å². The molecule has 0 bridgehead atoms. The zero-order valence-electron chi connectivity index (χ0n) is 14.1. The smallest absolute Gasteiger partial charge is 0.408 e. The van der Waals surface area contributed by atoms with Crippen molar-refractivity contribution in [2.24, 2.45) is 0 Å². The lowest BCUT2D eigenvalue weighted by Crippen LogP contribution is -2.42. The molecule has 0 saturated carbocycles. The molecule has 1 atom stereocenters. The quantitative estimate of drug-likeness (QED) is 0.702. The Kier molecular flexibility index (Phi) is 4.27. The molecule has 0 spiro atoms. The van der Waals surface area contributed by atoms with Gasteiger partial charge >= 0.3 is 6.09 Å². The fourth-order valence-corrected chi connectivity index (χ4v) is 3.46. The Morgan fingerprint density at radius 3 is 3.27 bits per heavy atom. The molecule has 1 aliphatic heterocycles. The first kappa shape index (κ1) is 16.1. The molecule has 132 valence electrons. The molecule has 4 heterocycles. The normalized spacial score (nSPS) is 17.2. The van der Waals surface area contributed by atoms with E-state index in [0.29, 0.717) is 6.54 Å². The number of H-pyrrole nitrogens is 1. The number of hydrogen-bond donors (Lipinski definition) is 2. The summed E-state index contributed by atoms with van der Waals surface area (Å²) in [6.45, 7) is 1.43. The van der Waals surface area contributed by atoms with E-state index in [4.69, 9.17) is 10.00 Å². The van der Waals surface area contributed by atoms with Gasteiger partial charge in [0.2, 0.25) is 0 Å². The first-order chi connectivity index (χ1) is 12.8. The van der Waals surface area contributed by atoms with Crippen LogP contribution in [0.3, 0.4) is 0 Å². The number of anilines is 1. The van der Waals surface area contributed by atoms with Gasteiger partial charge in [0.25, 0.3) is 0 Å². The zero-order chi connectivity index (χ0) is 17.9. The van der Waals surface area contributed by atoms with E-state index in [1.54, 1.807) is 12.4 Å². The maximum atomic E-state index is 11.7. The van der Waals surface area contributed by atoms with Crippen LogP contribution in [0, 0.1) is 11.3 Å². The molecule has 8 nitrogen and oxygen atoms in total. The highest BCUT2D eigenvalue weighted by Crippen LogP contribution is 2.32. The molecule has 1 saturated heterocycles. The SMILES string of the molecule is N#CCNC(=O)OC1CCCN(c2ccnc3cnc4[nH]ccc4c23)C1. The Hall–Kier alpha value is -3.34. The number of aromatic nitrogens is 3. The maximum absolute atomic E-state index is 11.7. The maximum Gasteiger partial charge on any atom is 0.408 e.